The number of pyridine rings is 1. The monoisotopic (exact) mass is 397 g/mol. The molecule has 1 aromatic heterocycles. The highest BCUT2D eigenvalue weighted by Gasteiger charge is 2.20. The van der Waals surface area contributed by atoms with Crippen LogP contribution in [-0.2, 0) is 16.6 Å². The number of hydrogen-bond donors (Lipinski definition) is 2. The second-order valence-corrected chi connectivity index (χ2v) is 8.18. The fraction of sp³-hybridized carbons (Fsp3) is 0.190. The summed E-state index contributed by atoms with van der Waals surface area (Å²) in [5.74, 6) is 0.527. The van der Waals surface area contributed by atoms with E-state index >= 15 is 0 Å². The molecule has 2 aromatic carbocycles. The highest BCUT2D eigenvalue weighted by Crippen LogP contribution is 2.26. The lowest BCUT2D eigenvalue weighted by atomic mass is 10.1. The minimum atomic E-state index is -3.81. The number of anilines is 2. The summed E-state index contributed by atoms with van der Waals surface area (Å²) in [5, 5.41) is 3.27. The largest absolute Gasteiger partial charge is 0.495 e. The Hall–Kier alpha value is -3.06. The molecular weight excluding hydrogens is 374 g/mol. The first-order valence-corrected chi connectivity index (χ1v) is 10.3. The number of hydrogen-bond acceptors (Lipinski definition) is 5. The van der Waals surface area contributed by atoms with E-state index in [1.807, 2.05) is 13.8 Å². The number of nitrogens with zero attached hydrogens (tertiary/aromatic N) is 1. The van der Waals surface area contributed by atoms with Gasteiger partial charge in [0, 0.05) is 6.54 Å². The van der Waals surface area contributed by atoms with Crippen LogP contribution in [0.4, 0.5) is 11.5 Å². The van der Waals surface area contributed by atoms with E-state index in [1.165, 1.54) is 12.7 Å². The van der Waals surface area contributed by atoms with Crippen LogP contribution in [0, 0.1) is 13.8 Å². The van der Waals surface area contributed by atoms with Gasteiger partial charge in [-0.3, -0.25) is 4.72 Å². The van der Waals surface area contributed by atoms with Crippen molar-refractivity contribution < 1.29 is 13.2 Å². The maximum absolute atomic E-state index is 12.7. The molecule has 0 radical (unpaired) electrons. The van der Waals surface area contributed by atoms with Crippen molar-refractivity contribution in [3.63, 3.8) is 0 Å². The van der Waals surface area contributed by atoms with E-state index in [2.05, 4.69) is 39.3 Å². The van der Waals surface area contributed by atoms with E-state index in [0.717, 1.165) is 16.8 Å². The lowest BCUT2D eigenvalue weighted by Crippen LogP contribution is -2.15. The van der Waals surface area contributed by atoms with Crippen LogP contribution < -0.4 is 14.8 Å². The van der Waals surface area contributed by atoms with Crippen molar-refractivity contribution in [1.82, 2.24) is 4.98 Å². The molecule has 3 aromatic rings. The number of rotatable bonds is 7. The van der Waals surface area contributed by atoms with Crippen LogP contribution in [0.15, 0.2) is 65.7 Å². The van der Waals surface area contributed by atoms with Crippen molar-refractivity contribution >= 4 is 21.5 Å². The fourth-order valence-corrected chi connectivity index (χ4v) is 3.92. The average molecular weight is 398 g/mol. The number of aromatic nitrogens is 1. The quantitative estimate of drug-likeness (QED) is 0.627. The molecule has 2 N–H and O–H groups in total. The van der Waals surface area contributed by atoms with E-state index in [0.29, 0.717) is 6.54 Å². The molecule has 0 fully saturated rings. The molecule has 0 spiro atoms. The van der Waals surface area contributed by atoms with Crippen LogP contribution in [0.5, 0.6) is 5.75 Å². The van der Waals surface area contributed by atoms with Gasteiger partial charge in [0.2, 0.25) is 0 Å². The van der Waals surface area contributed by atoms with Gasteiger partial charge in [-0.2, -0.15) is 0 Å². The molecule has 0 bridgehead atoms. The highest BCUT2D eigenvalue weighted by molar-refractivity contribution is 7.92. The zero-order valence-electron chi connectivity index (χ0n) is 16.1. The summed E-state index contributed by atoms with van der Waals surface area (Å²) in [7, 11) is -2.37. The smallest absolute Gasteiger partial charge is 0.266 e. The van der Waals surface area contributed by atoms with Crippen LogP contribution in [-0.4, -0.2) is 20.5 Å². The summed E-state index contributed by atoms with van der Waals surface area (Å²) in [6.07, 6.45) is 1.60. The van der Waals surface area contributed by atoms with E-state index in [4.69, 9.17) is 4.74 Å². The Balaban J connectivity index is 1.69. The van der Waals surface area contributed by atoms with Crippen molar-refractivity contribution in [1.29, 1.82) is 0 Å². The summed E-state index contributed by atoms with van der Waals surface area (Å²) in [6.45, 7) is 4.53. The number of benzene rings is 2. The Morgan fingerprint density at radius 1 is 0.964 bits per heavy atom. The normalized spacial score (nSPS) is 11.1. The summed E-state index contributed by atoms with van der Waals surface area (Å²) in [6, 6.07) is 16.7. The first kappa shape index (κ1) is 19.7. The number of sulfonamides is 1. The summed E-state index contributed by atoms with van der Waals surface area (Å²) < 4.78 is 33.1. The molecule has 0 aliphatic carbocycles. The van der Waals surface area contributed by atoms with Crippen LogP contribution >= 0.6 is 0 Å². The van der Waals surface area contributed by atoms with Crippen molar-refractivity contribution in [3.8, 4) is 5.75 Å². The average Bonchev–Trinajstić information content (AvgIpc) is 2.68. The van der Waals surface area contributed by atoms with E-state index in [-0.39, 0.29) is 16.5 Å². The molecule has 28 heavy (non-hydrogen) atoms. The van der Waals surface area contributed by atoms with Gasteiger partial charge < -0.3 is 10.1 Å². The molecule has 6 nitrogen and oxygen atoms in total. The van der Waals surface area contributed by atoms with Gasteiger partial charge in [-0.15, -0.1) is 0 Å². The Kier molecular flexibility index (Phi) is 5.84. The molecule has 0 unspecified atom stereocenters. The minimum Gasteiger partial charge on any atom is -0.495 e. The van der Waals surface area contributed by atoms with Gasteiger partial charge in [-0.1, -0.05) is 35.9 Å². The zero-order valence-corrected chi connectivity index (χ0v) is 16.9. The predicted octanol–water partition coefficient (Wildman–Crippen LogP) is 4.12. The predicted molar refractivity (Wildman–Crippen MR) is 111 cm³/mol. The van der Waals surface area contributed by atoms with Gasteiger partial charge in [-0.05, 0) is 49.2 Å². The number of methoxy groups -OCH3 is 1. The van der Waals surface area contributed by atoms with E-state index < -0.39 is 10.0 Å². The van der Waals surface area contributed by atoms with Gasteiger partial charge in [-0.25, -0.2) is 13.4 Å². The van der Waals surface area contributed by atoms with Crippen molar-refractivity contribution in [3.05, 3.63) is 77.5 Å². The summed E-state index contributed by atoms with van der Waals surface area (Å²) in [4.78, 5) is 4.28. The van der Waals surface area contributed by atoms with E-state index in [9.17, 15) is 8.42 Å². The molecule has 0 aliphatic heterocycles. The van der Waals surface area contributed by atoms with Gasteiger partial charge in [0.1, 0.15) is 16.5 Å². The molecule has 0 saturated heterocycles. The molecule has 0 saturated carbocycles. The third kappa shape index (κ3) is 4.80. The molecule has 1 heterocycles. The van der Waals surface area contributed by atoms with Crippen LogP contribution in [0.25, 0.3) is 0 Å². The number of aryl methyl sites for hydroxylation is 2. The highest BCUT2D eigenvalue weighted by atomic mass is 32.2. The van der Waals surface area contributed by atoms with Crippen LogP contribution in [0.3, 0.4) is 0 Å². The van der Waals surface area contributed by atoms with Crippen LogP contribution in [0.1, 0.15) is 16.7 Å². The standard InChI is InChI=1S/C21H23N3O3S/c1-15-4-7-17(8-5-15)13-22-18-9-11-21(23-14-18)24-28(25,26)20-12-16(2)6-10-19(20)27-3/h4-12,14,22H,13H2,1-3H3,(H,23,24). The Labute approximate surface area is 165 Å². The van der Waals surface area contributed by atoms with Gasteiger partial charge in [0.15, 0.2) is 0 Å². The second-order valence-electron chi connectivity index (χ2n) is 6.53. The Morgan fingerprint density at radius 2 is 1.68 bits per heavy atom. The van der Waals surface area contributed by atoms with Gasteiger partial charge >= 0.3 is 0 Å². The topological polar surface area (TPSA) is 80.3 Å². The van der Waals surface area contributed by atoms with Gasteiger partial charge in [0.05, 0.1) is 19.0 Å². The van der Waals surface area contributed by atoms with Gasteiger partial charge in [0.25, 0.3) is 10.0 Å². The Morgan fingerprint density at radius 3 is 2.32 bits per heavy atom. The lowest BCUT2D eigenvalue weighted by molar-refractivity contribution is 0.402. The molecule has 0 aliphatic rings. The zero-order chi connectivity index (χ0) is 20.1. The molecule has 7 heteroatoms. The van der Waals surface area contributed by atoms with Crippen LogP contribution in [0.2, 0.25) is 0 Å². The minimum absolute atomic E-state index is 0.0818. The lowest BCUT2D eigenvalue weighted by Gasteiger charge is -2.12. The van der Waals surface area contributed by atoms with Crippen molar-refractivity contribution in [2.45, 2.75) is 25.3 Å². The maximum atomic E-state index is 12.7. The summed E-state index contributed by atoms with van der Waals surface area (Å²) >= 11 is 0. The number of nitrogens with one attached hydrogen (secondary N) is 2. The van der Waals surface area contributed by atoms with Crippen molar-refractivity contribution in [2.24, 2.45) is 0 Å². The third-order valence-corrected chi connectivity index (χ3v) is 5.60. The molecule has 146 valence electrons. The number of ether oxygens (including phenoxy) is 1. The molecule has 0 amide bonds. The first-order chi connectivity index (χ1) is 13.4. The van der Waals surface area contributed by atoms with Crippen molar-refractivity contribution in [2.75, 3.05) is 17.1 Å². The van der Waals surface area contributed by atoms with E-state index in [1.54, 1.807) is 36.5 Å². The maximum Gasteiger partial charge on any atom is 0.266 e. The summed E-state index contributed by atoms with van der Waals surface area (Å²) in [5.41, 5.74) is 4.00. The fourth-order valence-electron chi connectivity index (χ4n) is 2.66. The molecular formula is C21H23N3O3S. The first-order valence-electron chi connectivity index (χ1n) is 8.80. The molecule has 0 atom stereocenters. The SMILES string of the molecule is COc1ccc(C)cc1S(=O)(=O)Nc1ccc(NCc2ccc(C)cc2)cn1. The Bertz CT molecular complexity index is 1050. The second kappa shape index (κ2) is 8.31. The molecule has 3 rings (SSSR count). The third-order valence-electron chi connectivity index (χ3n) is 4.23.